The van der Waals surface area contributed by atoms with Crippen LogP contribution in [0.5, 0.6) is 5.75 Å². The van der Waals surface area contributed by atoms with Crippen LogP contribution in [0.2, 0.25) is 5.02 Å². The number of halogens is 1. The fourth-order valence-corrected chi connectivity index (χ4v) is 1.85. The zero-order valence-corrected chi connectivity index (χ0v) is 11.2. The number of nitrogens with one attached hydrogen (secondary N) is 1. The molecule has 0 unspecified atom stereocenters. The Kier molecular flexibility index (Phi) is 4.05. The molecule has 0 spiro atoms. The number of hydrogen-bond acceptors (Lipinski definition) is 3. The first kappa shape index (κ1) is 12.7. The van der Waals surface area contributed by atoms with Crippen LogP contribution >= 0.6 is 11.6 Å². The van der Waals surface area contributed by atoms with Crippen molar-refractivity contribution in [3.63, 3.8) is 0 Å². The van der Waals surface area contributed by atoms with Gasteiger partial charge in [-0.2, -0.15) is 0 Å². The second-order valence-electron chi connectivity index (χ2n) is 3.97. The Bertz CT molecular complexity index is 543. The van der Waals surface area contributed by atoms with E-state index in [2.05, 4.69) is 10.3 Å². The number of rotatable bonds is 4. The van der Waals surface area contributed by atoms with Crippen molar-refractivity contribution in [1.29, 1.82) is 0 Å². The van der Waals surface area contributed by atoms with Crippen LogP contribution in [0.25, 0.3) is 0 Å². The molecule has 0 bridgehead atoms. The summed E-state index contributed by atoms with van der Waals surface area (Å²) in [5.41, 5.74) is 2.04. The monoisotopic (exact) mass is 262 g/mol. The van der Waals surface area contributed by atoms with E-state index in [1.165, 1.54) is 0 Å². The molecule has 18 heavy (non-hydrogen) atoms. The van der Waals surface area contributed by atoms with Gasteiger partial charge in [-0.3, -0.25) is 0 Å². The van der Waals surface area contributed by atoms with Crippen LogP contribution in [0, 0.1) is 6.92 Å². The molecule has 1 heterocycles. The molecule has 94 valence electrons. The summed E-state index contributed by atoms with van der Waals surface area (Å²) < 4.78 is 5.29. The number of aryl methyl sites for hydroxylation is 1. The van der Waals surface area contributed by atoms with E-state index in [1.54, 1.807) is 7.11 Å². The minimum absolute atomic E-state index is 0.650. The smallest absolute Gasteiger partial charge is 0.126 e. The zero-order valence-electron chi connectivity index (χ0n) is 10.4. The zero-order chi connectivity index (χ0) is 13.0. The number of aromatic nitrogens is 1. The molecular weight excluding hydrogens is 248 g/mol. The summed E-state index contributed by atoms with van der Waals surface area (Å²) in [6.45, 7) is 2.62. The highest BCUT2D eigenvalue weighted by Gasteiger charge is 2.04. The fourth-order valence-electron chi connectivity index (χ4n) is 1.69. The lowest BCUT2D eigenvalue weighted by Gasteiger charge is -2.10. The number of hydrogen-bond donors (Lipinski definition) is 1. The topological polar surface area (TPSA) is 34.1 Å². The second kappa shape index (κ2) is 5.74. The van der Waals surface area contributed by atoms with Crippen molar-refractivity contribution >= 4 is 17.4 Å². The Balaban J connectivity index is 2.10. The molecule has 2 aromatic rings. The Labute approximate surface area is 112 Å². The van der Waals surface area contributed by atoms with E-state index < -0.39 is 0 Å². The third-order valence-electron chi connectivity index (χ3n) is 2.60. The van der Waals surface area contributed by atoms with Crippen molar-refractivity contribution in [2.24, 2.45) is 0 Å². The molecule has 3 nitrogen and oxygen atoms in total. The van der Waals surface area contributed by atoms with Gasteiger partial charge in [0.25, 0.3) is 0 Å². The Morgan fingerprint density at radius 2 is 2.11 bits per heavy atom. The molecule has 1 aromatic carbocycles. The van der Waals surface area contributed by atoms with E-state index in [0.29, 0.717) is 11.6 Å². The third kappa shape index (κ3) is 3.14. The fraction of sp³-hybridized carbons (Fsp3) is 0.214. The number of ether oxygens (including phenoxy) is 1. The molecule has 1 N–H and O–H groups in total. The first-order valence-corrected chi connectivity index (χ1v) is 6.07. The lowest BCUT2D eigenvalue weighted by Crippen LogP contribution is -2.03. The first-order valence-electron chi connectivity index (χ1n) is 5.69. The lowest BCUT2D eigenvalue weighted by atomic mass is 10.2. The minimum atomic E-state index is 0.650. The van der Waals surface area contributed by atoms with Gasteiger partial charge in [-0.15, -0.1) is 0 Å². The summed E-state index contributed by atoms with van der Waals surface area (Å²) in [5, 5.41) is 3.93. The maximum absolute atomic E-state index is 5.92. The average Bonchev–Trinajstić information content (AvgIpc) is 2.37. The van der Waals surface area contributed by atoms with Gasteiger partial charge in [0.05, 0.1) is 7.11 Å². The maximum Gasteiger partial charge on any atom is 0.126 e. The number of methoxy groups -OCH3 is 1. The lowest BCUT2D eigenvalue weighted by molar-refractivity contribution is 0.410. The number of pyridine rings is 1. The predicted octanol–water partition coefficient (Wildman–Crippen LogP) is 3.66. The van der Waals surface area contributed by atoms with Crippen LogP contribution in [0.1, 0.15) is 11.3 Å². The molecule has 0 amide bonds. The molecular formula is C14H15ClN2O. The van der Waals surface area contributed by atoms with Gasteiger partial charge in [-0.1, -0.05) is 23.7 Å². The summed E-state index contributed by atoms with van der Waals surface area (Å²) in [6.07, 6.45) is 0. The quantitative estimate of drug-likeness (QED) is 0.913. The van der Waals surface area contributed by atoms with E-state index in [9.17, 15) is 0 Å². The highest BCUT2D eigenvalue weighted by molar-refractivity contribution is 6.30. The van der Waals surface area contributed by atoms with Crippen molar-refractivity contribution in [3.8, 4) is 5.75 Å². The van der Waals surface area contributed by atoms with E-state index in [1.807, 2.05) is 43.3 Å². The summed E-state index contributed by atoms with van der Waals surface area (Å²) in [4.78, 5) is 4.38. The van der Waals surface area contributed by atoms with Crippen molar-refractivity contribution in [2.45, 2.75) is 13.5 Å². The average molecular weight is 263 g/mol. The Hall–Kier alpha value is -1.74. The van der Waals surface area contributed by atoms with E-state index >= 15 is 0 Å². The van der Waals surface area contributed by atoms with Gasteiger partial charge in [0, 0.05) is 22.8 Å². The molecule has 2 rings (SSSR count). The molecule has 1 aromatic heterocycles. The van der Waals surface area contributed by atoms with Gasteiger partial charge in [-0.05, 0) is 31.2 Å². The van der Waals surface area contributed by atoms with Crippen molar-refractivity contribution < 1.29 is 4.74 Å². The maximum atomic E-state index is 5.92. The summed E-state index contributed by atoms with van der Waals surface area (Å²) in [6, 6.07) is 11.5. The molecule has 0 saturated carbocycles. The molecule has 0 aliphatic heterocycles. The van der Waals surface area contributed by atoms with E-state index in [4.69, 9.17) is 16.3 Å². The highest BCUT2D eigenvalue weighted by atomic mass is 35.5. The first-order chi connectivity index (χ1) is 8.69. The molecule has 0 saturated heterocycles. The van der Waals surface area contributed by atoms with Gasteiger partial charge < -0.3 is 10.1 Å². The molecule has 4 heteroatoms. The summed E-state index contributed by atoms with van der Waals surface area (Å²) >= 11 is 5.92. The SMILES string of the molecule is COc1cc(Cl)ccc1CNc1cccc(C)n1. The number of anilines is 1. The highest BCUT2D eigenvalue weighted by Crippen LogP contribution is 2.23. The predicted molar refractivity (Wildman–Crippen MR) is 74.3 cm³/mol. The normalized spacial score (nSPS) is 10.2. The van der Waals surface area contributed by atoms with Crippen LogP contribution in [0.4, 0.5) is 5.82 Å². The van der Waals surface area contributed by atoms with Crippen molar-refractivity contribution in [2.75, 3.05) is 12.4 Å². The van der Waals surface area contributed by atoms with Crippen LogP contribution in [0.3, 0.4) is 0 Å². The third-order valence-corrected chi connectivity index (χ3v) is 2.83. The number of benzene rings is 1. The molecule has 0 aliphatic carbocycles. The second-order valence-corrected chi connectivity index (χ2v) is 4.41. The van der Waals surface area contributed by atoms with Gasteiger partial charge in [0.15, 0.2) is 0 Å². The van der Waals surface area contributed by atoms with Crippen LogP contribution in [-0.4, -0.2) is 12.1 Å². The summed E-state index contributed by atoms with van der Waals surface area (Å²) in [5.74, 6) is 1.63. The minimum Gasteiger partial charge on any atom is -0.496 e. The molecule has 0 radical (unpaired) electrons. The van der Waals surface area contributed by atoms with E-state index in [0.717, 1.165) is 22.8 Å². The van der Waals surface area contributed by atoms with Crippen molar-refractivity contribution in [3.05, 3.63) is 52.7 Å². The number of nitrogens with zero attached hydrogens (tertiary/aromatic N) is 1. The molecule has 0 atom stereocenters. The van der Waals surface area contributed by atoms with Gasteiger partial charge in [0.1, 0.15) is 11.6 Å². The largest absolute Gasteiger partial charge is 0.496 e. The van der Waals surface area contributed by atoms with Gasteiger partial charge >= 0.3 is 0 Å². The van der Waals surface area contributed by atoms with Crippen LogP contribution in [0.15, 0.2) is 36.4 Å². The van der Waals surface area contributed by atoms with Crippen LogP contribution in [-0.2, 0) is 6.54 Å². The molecule has 0 fully saturated rings. The molecule has 0 aliphatic rings. The van der Waals surface area contributed by atoms with Crippen LogP contribution < -0.4 is 10.1 Å². The summed E-state index contributed by atoms with van der Waals surface area (Å²) in [7, 11) is 1.64. The van der Waals surface area contributed by atoms with Gasteiger partial charge in [-0.25, -0.2) is 4.98 Å². The van der Waals surface area contributed by atoms with Gasteiger partial charge in [0.2, 0.25) is 0 Å². The van der Waals surface area contributed by atoms with E-state index in [-0.39, 0.29) is 0 Å². The Morgan fingerprint density at radius 3 is 2.83 bits per heavy atom. The standard InChI is InChI=1S/C14H15ClN2O/c1-10-4-3-5-14(17-10)16-9-11-6-7-12(15)8-13(11)18-2/h3-8H,9H2,1-2H3,(H,16,17). The van der Waals surface area contributed by atoms with Crippen molar-refractivity contribution in [1.82, 2.24) is 4.98 Å². The Morgan fingerprint density at radius 1 is 1.28 bits per heavy atom.